The lowest BCUT2D eigenvalue weighted by Gasteiger charge is -2.29. The molecule has 0 aliphatic carbocycles. The Morgan fingerprint density at radius 1 is 1.12 bits per heavy atom. The number of nitrogens with zero attached hydrogens (tertiary/aromatic N) is 2. The van der Waals surface area contributed by atoms with Crippen molar-refractivity contribution in [3.63, 3.8) is 0 Å². The topological polar surface area (TPSA) is 32.8 Å². The highest BCUT2D eigenvalue weighted by Gasteiger charge is 2.42. The van der Waals surface area contributed by atoms with Gasteiger partial charge in [-0.05, 0) is 68.2 Å². The van der Waals surface area contributed by atoms with E-state index in [4.69, 9.17) is 4.74 Å². The van der Waals surface area contributed by atoms with Crippen molar-refractivity contribution in [1.82, 2.24) is 4.90 Å². The third-order valence-corrected chi connectivity index (χ3v) is 6.15. The van der Waals surface area contributed by atoms with Crippen molar-refractivity contribution < 1.29 is 22.7 Å². The highest BCUT2D eigenvalue weighted by molar-refractivity contribution is 5.97. The smallest absolute Gasteiger partial charge is 0.416 e. The molecule has 0 unspecified atom stereocenters. The molecule has 1 aliphatic heterocycles. The minimum atomic E-state index is -4.49. The zero-order chi connectivity index (χ0) is 23.5. The molecule has 2 atom stereocenters. The monoisotopic (exact) mass is 484 g/mol. The number of ether oxygens (including phenoxy) is 1. The minimum Gasteiger partial charge on any atom is -0.497 e. The Balaban J connectivity index is 0.00000385. The first-order valence-electron chi connectivity index (χ1n) is 11.0. The van der Waals surface area contributed by atoms with Crippen LogP contribution in [0.3, 0.4) is 0 Å². The average Bonchev–Trinajstić information content (AvgIpc) is 2.86. The second-order valence-electron chi connectivity index (χ2n) is 8.57. The molecule has 33 heavy (non-hydrogen) atoms. The molecule has 182 valence electrons. The molecule has 2 aromatic carbocycles. The van der Waals surface area contributed by atoms with E-state index >= 15 is 0 Å². The van der Waals surface area contributed by atoms with Crippen LogP contribution in [0.1, 0.15) is 42.4 Å². The van der Waals surface area contributed by atoms with E-state index in [-0.39, 0.29) is 36.2 Å². The number of carbonyl (C=O) groups excluding carboxylic acids is 1. The molecule has 3 rings (SSSR count). The fraction of sp³-hybridized carbons (Fsp3) is 0.480. The fourth-order valence-electron chi connectivity index (χ4n) is 4.53. The second-order valence-corrected chi connectivity index (χ2v) is 8.57. The summed E-state index contributed by atoms with van der Waals surface area (Å²) in [6.07, 6.45) is -2.95. The fourth-order valence-corrected chi connectivity index (χ4v) is 4.53. The Labute approximate surface area is 200 Å². The van der Waals surface area contributed by atoms with Gasteiger partial charge in [0.05, 0.1) is 12.7 Å². The van der Waals surface area contributed by atoms with E-state index in [1.54, 1.807) is 30.2 Å². The number of amides is 1. The van der Waals surface area contributed by atoms with Crippen molar-refractivity contribution in [3.05, 3.63) is 59.2 Å². The maximum Gasteiger partial charge on any atom is 0.416 e. The van der Waals surface area contributed by atoms with Crippen LogP contribution in [0, 0.1) is 5.92 Å². The molecule has 2 aromatic rings. The van der Waals surface area contributed by atoms with Crippen molar-refractivity contribution in [3.8, 4) is 5.75 Å². The number of alkyl halides is 3. The lowest BCUT2D eigenvalue weighted by Crippen LogP contribution is -2.41. The summed E-state index contributed by atoms with van der Waals surface area (Å²) >= 11 is 0. The molecule has 4 nitrogen and oxygen atoms in total. The van der Waals surface area contributed by atoms with Crippen LogP contribution in [0.25, 0.3) is 0 Å². The SMILES string of the molecule is CCC[C@@H]1C(=O)N(CCN(C)C)c2cccc(C(F)(F)F)c2C[C@@H]1c1ccc(OC)cc1.Cl. The van der Waals surface area contributed by atoms with Gasteiger partial charge in [-0.2, -0.15) is 13.2 Å². The number of likely N-dealkylation sites (N-methyl/N-ethyl adjacent to an activating group) is 1. The molecule has 0 fully saturated rings. The van der Waals surface area contributed by atoms with Gasteiger partial charge in [0, 0.05) is 24.7 Å². The van der Waals surface area contributed by atoms with Gasteiger partial charge in [-0.1, -0.05) is 31.5 Å². The summed E-state index contributed by atoms with van der Waals surface area (Å²) in [6.45, 7) is 2.91. The van der Waals surface area contributed by atoms with Gasteiger partial charge in [0.25, 0.3) is 0 Å². The Kier molecular flexibility index (Phi) is 9.20. The first-order valence-corrected chi connectivity index (χ1v) is 11.0. The van der Waals surface area contributed by atoms with Crippen LogP contribution in [0.4, 0.5) is 18.9 Å². The summed E-state index contributed by atoms with van der Waals surface area (Å²) in [7, 11) is 5.34. The van der Waals surface area contributed by atoms with Crippen LogP contribution in [-0.2, 0) is 17.4 Å². The molecular formula is C25H32ClF3N2O2. The number of methoxy groups -OCH3 is 1. The lowest BCUT2D eigenvalue weighted by molar-refractivity contribution is -0.138. The van der Waals surface area contributed by atoms with E-state index < -0.39 is 17.7 Å². The van der Waals surface area contributed by atoms with Gasteiger partial charge < -0.3 is 14.5 Å². The first-order chi connectivity index (χ1) is 15.2. The van der Waals surface area contributed by atoms with Gasteiger partial charge in [0.15, 0.2) is 0 Å². The number of fused-ring (bicyclic) bond motifs is 1. The highest BCUT2D eigenvalue weighted by atomic mass is 35.5. The Morgan fingerprint density at radius 3 is 2.33 bits per heavy atom. The van der Waals surface area contributed by atoms with Crippen molar-refractivity contribution in [1.29, 1.82) is 0 Å². The summed E-state index contributed by atoms with van der Waals surface area (Å²) in [5, 5.41) is 0. The maximum atomic E-state index is 14.0. The van der Waals surface area contributed by atoms with Gasteiger partial charge >= 0.3 is 6.18 Å². The minimum absolute atomic E-state index is 0. The number of benzene rings is 2. The zero-order valence-electron chi connectivity index (χ0n) is 19.5. The van der Waals surface area contributed by atoms with Crippen LogP contribution >= 0.6 is 12.4 Å². The average molecular weight is 485 g/mol. The van der Waals surface area contributed by atoms with Crippen LogP contribution in [0.2, 0.25) is 0 Å². The maximum absolute atomic E-state index is 14.0. The molecule has 0 bridgehead atoms. The van der Waals surface area contributed by atoms with Crippen molar-refractivity contribution in [2.45, 2.75) is 38.3 Å². The molecule has 0 saturated heterocycles. The third kappa shape index (κ3) is 6.01. The largest absolute Gasteiger partial charge is 0.497 e. The van der Waals surface area contributed by atoms with Crippen LogP contribution in [-0.4, -0.2) is 45.1 Å². The van der Waals surface area contributed by atoms with E-state index in [1.807, 2.05) is 38.1 Å². The van der Waals surface area contributed by atoms with Crippen LogP contribution in [0.5, 0.6) is 5.75 Å². The predicted molar refractivity (Wildman–Crippen MR) is 127 cm³/mol. The molecule has 1 amide bonds. The van der Waals surface area contributed by atoms with Crippen molar-refractivity contribution >= 4 is 24.0 Å². The van der Waals surface area contributed by atoms with E-state index in [0.717, 1.165) is 18.1 Å². The van der Waals surface area contributed by atoms with Crippen LogP contribution < -0.4 is 9.64 Å². The van der Waals surface area contributed by atoms with Crippen molar-refractivity contribution in [2.24, 2.45) is 5.92 Å². The second kappa shape index (κ2) is 11.3. The molecule has 8 heteroatoms. The summed E-state index contributed by atoms with van der Waals surface area (Å²) in [5.41, 5.74) is 0.776. The Bertz CT molecular complexity index is 932. The number of rotatable bonds is 7. The number of carbonyl (C=O) groups is 1. The Hall–Kier alpha value is -2.25. The predicted octanol–water partition coefficient (Wildman–Crippen LogP) is 5.79. The quantitative estimate of drug-likeness (QED) is 0.499. The molecule has 1 aliphatic rings. The van der Waals surface area contributed by atoms with Gasteiger partial charge in [0.2, 0.25) is 5.91 Å². The Morgan fingerprint density at radius 2 is 1.79 bits per heavy atom. The number of hydrogen-bond acceptors (Lipinski definition) is 3. The summed E-state index contributed by atoms with van der Waals surface area (Å²) in [4.78, 5) is 17.3. The van der Waals surface area contributed by atoms with Gasteiger partial charge in [-0.25, -0.2) is 0 Å². The standard InChI is InChI=1S/C25H31F3N2O2.ClH/c1-5-7-19-20(17-10-12-18(32-4)13-11-17)16-21-22(25(26,27)28)8-6-9-23(21)30(24(19)31)15-14-29(2)3;/h6,8-13,19-20H,5,7,14-16H2,1-4H3;1H/t19-,20+;/m0./s1. The van der Waals surface area contributed by atoms with Crippen molar-refractivity contribution in [2.75, 3.05) is 39.2 Å². The molecule has 0 saturated carbocycles. The molecule has 0 N–H and O–H groups in total. The van der Waals surface area contributed by atoms with E-state index in [9.17, 15) is 18.0 Å². The number of anilines is 1. The molecular weight excluding hydrogens is 453 g/mol. The number of halogens is 4. The first kappa shape index (κ1) is 27.0. The zero-order valence-corrected chi connectivity index (χ0v) is 20.3. The summed E-state index contributed by atoms with van der Waals surface area (Å²) < 4.78 is 47.2. The highest BCUT2D eigenvalue weighted by Crippen LogP contribution is 2.44. The van der Waals surface area contributed by atoms with E-state index in [0.29, 0.717) is 30.9 Å². The third-order valence-electron chi connectivity index (χ3n) is 6.15. The molecule has 0 spiro atoms. The number of hydrogen-bond donors (Lipinski definition) is 0. The normalized spacial score (nSPS) is 18.5. The van der Waals surface area contributed by atoms with E-state index in [1.165, 1.54) is 6.07 Å². The summed E-state index contributed by atoms with van der Waals surface area (Å²) in [5.74, 6) is -0.179. The van der Waals surface area contributed by atoms with Gasteiger partial charge in [-0.15, -0.1) is 12.4 Å². The molecule has 0 radical (unpaired) electrons. The molecule has 0 aromatic heterocycles. The summed E-state index contributed by atoms with van der Waals surface area (Å²) in [6, 6.07) is 11.5. The van der Waals surface area contributed by atoms with Gasteiger partial charge in [0.1, 0.15) is 5.75 Å². The van der Waals surface area contributed by atoms with E-state index in [2.05, 4.69) is 0 Å². The van der Waals surface area contributed by atoms with Crippen LogP contribution in [0.15, 0.2) is 42.5 Å². The lowest BCUT2D eigenvalue weighted by atomic mass is 9.79. The van der Waals surface area contributed by atoms with Gasteiger partial charge in [-0.3, -0.25) is 4.79 Å². The molecule has 1 heterocycles.